The van der Waals surface area contributed by atoms with Gasteiger partial charge in [0.05, 0.1) is 17.3 Å². The zero-order chi connectivity index (χ0) is 18.0. The van der Waals surface area contributed by atoms with Crippen LogP contribution in [0.5, 0.6) is 0 Å². The van der Waals surface area contributed by atoms with Gasteiger partial charge in [0.1, 0.15) is 5.82 Å². The average molecular weight is 343 g/mol. The number of hydrogen-bond acceptors (Lipinski definition) is 3. The van der Waals surface area contributed by atoms with Crippen LogP contribution in [0.15, 0.2) is 47.3 Å². The van der Waals surface area contributed by atoms with Crippen LogP contribution >= 0.6 is 0 Å². The maximum Gasteiger partial charge on any atom is 0.280 e. The standard InChI is InChI=1S/C18H15F2N3O2/c1-2-16-21-15-6-4-3-5-12(15)18(25)23(16)22-17(24)10-11-7-8-13(19)14(20)9-11/h3-9H,2,10H2,1H3,(H,22,24). The van der Waals surface area contributed by atoms with E-state index in [1.165, 1.54) is 6.07 Å². The Morgan fingerprint density at radius 2 is 1.92 bits per heavy atom. The summed E-state index contributed by atoms with van der Waals surface area (Å²) in [4.78, 5) is 29.2. The lowest BCUT2D eigenvalue weighted by Gasteiger charge is -2.13. The Bertz CT molecular complexity index is 1010. The van der Waals surface area contributed by atoms with Gasteiger partial charge in [0.2, 0.25) is 5.91 Å². The normalized spacial score (nSPS) is 10.8. The molecule has 0 saturated carbocycles. The summed E-state index contributed by atoms with van der Waals surface area (Å²) in [5, 5.41) is 0.382. The van der Waals surface area contributed by atoms with E-state index < -0.39 is 17.5 Å². The van der Waals surface area contributed by atoms with Gasteiger partial charge in [0, 0.05) is 6.42 Å². The number of fused-ring (bicyclic) bond motifs is 1. The van der Waals surface area contributed by atoms with E-state index in [1.54, 1.807) is 24.3 Å². The van der Waals surface area contributed by atoms with E-state index in [9.17, 15) is 18.4 Å². The van der Waals surface area contributed by atoms with Gasteiger partial charge in [-0.2, -0.15) is 0 Å². The molecule has 0 saturated heterocycles. The first-order valence-electron chi connectivity index (χ1n) is 7.74. The molecule has 0 radical (unpaired) electrons. The van der Waals surface area contributed by atoms with Crippen molar-refractivity contribution in [1.29, 1.82) is 0 Å². The second-order valence-electron chi connectivity index (χ2n) is 5.50. The number of aryl methyl sites for hydroxylation is 1. The van der Waals surface area contributed by atoms with Gasteiger partial charge >= 0.3 is 0 Å². The summed E-state index contributed by atoms with van der Waals surface area (Å²) in [6, 6.07) is 10.1. The van der Waals surface area contributed by atoms with Gasteiger partial charge in [-0.1, -0.05) is 25.1 Å². The Morgan fingerprint density at radius 1 is 1.16 bits per heavy atom. The van der Waals surface area contributed by atoms with Gasteiger partial charge in [0.25, 0.3) is 5.56 Å². The van der Waals surface area contributed by atoms with Crippen LogP contribution in [0.4, 0.5) is 8.78 Å². The molecular formula is C18H15F2N3O2. The number of aromatic nitrogens is 2. The summed E-state index contributed by atoms with van der Waals surface area (Å²) >= 11 is 0. The zero-order valence-corrected chi connectivity index (χ0v) is 13.4. The summed E-state index contributed by atoms with van der Waals surface area (Å²) in [6.45, 7) is 1.81. The molecule has 128 valence electrons. The van der Waals surface area contributed by atoms with Crippen molar-refractivity contribution in [3.8, 4) is 0 Å². The van der Waals surface area contributed by atoms with Gasteiger partial charge in [-0.25, -0.2) is 18.4 Å². The van der Waals surface area contributed by atoms with Crippen LogP contribution in [-0.2, 0) is 17.6 Å². The Balaban J connectivity index is 1.91. The van der Waals surface area contributed by atoms with Crippen LogP contribution in [0.1, 0.15) is 18.3 Å². The molecule has 5 nitrogen and oxygen atoms in total. The van der Waals surface area contributed by atoms with Crippen molar-refractivity contribution >= 4 is 16.8 Å². The molecule has 2 aromatic carbocycles. The SMILES string of the molecule is CCc1nc2ccccc2c(=O)n1NC(=O)Cc1ccc(F)c(F)c1. The number of hydrogen-bond donors (Lipinski definition) is 1. The van der Waals surface area contributed by atoms with E-state index in [4.69, 9.17) is 0 Å². The largest absolute Gasteiger partial charge is 0.280 e. The van der Waals surface area contributed by atoms with Crippen molar-refractivity contribution in [3.63, 3.8) is 0 Å². The Labute approximate surface area is 141 Å². The number of amides is 1. The number of para-hydroxylation sites is 1. The number of benzene rings is 2. The lowest BCUT2D eigenvalue weighted by atomic mass is 10.1. The molecule has 1 N–H and O–H groups in total. The molecule has 0 bridgehead atoms. The van der Waals surface area contributed by atoms with Gasteiger partial charge in [-0.15, -0.1) is 0 Å². The Morgan fingerprint density at radius 3 is 2.64 bits per heavy atom. The molecule has 3 aromatic rings. The fourth-order valence-corrected chi connectivity index (χ4v) is 2.53. The third-order valence-electron chi connectivity index (χ3n) is 3.75. The third-order valence-corrected chi connectivity index (χ3v) is 3.75. The second-order valence-corrected chi connectivity index (χ2v) is 5.50. The molecule has 0 atom stereocenters. The van der Waals surface area contributed by atoms with Gasteiger partial charge < -0.3 is 0 Å². The molecule has 0 fully saturated rings. The molecule has 25 heavy (non-hydrogen) atoms. The van der Waals surface area contributed by atoms with Crippen molar-refractivity contribution < 1.29 is 13.6 Å². The number of carbonyl (C=O) groups excluding carboxylic acids is 1. The van der Waals surface area contributed by atoms with Crippen LogP contribution in [0.25, 0.3) is 10.9 Å². The summed E-state index contributed by atoms with van der Waals surface area (Å²) in [5.41, 5.74) is 2.96. The first-order chi connectivity index (χ1) is 12.0. The summed E-state index contributed by atoms with van der Waals surface area (Å²) in [7, 11) is 0. The molecule has 0 aliphatic carbocycles. The van der Waals surface area contributed by atoms with Crippen molar-refractivity contribution in [1.82, 2.24) is 9.66 Å². The van der Waals surface area contributed by atoms with Crippen molar-refractivity contribution in [3.05, 3.63) is 75.8 Å². The maximum atomic E-state index is 13.2. The zero-order valence-electron chi connectivity index (χ0n) is 13.4. The van der Waals surface area contributed by atoms with E-state index in [-0.39, 0.29) is 12.0 Å². The highest BCUT2D eigenvalue weighted by atomic mass is 19.2. The lowest BCUT2D eigenvalue weighted by Crippen LogP contribution is -2.37. The first-order valence-corrected chi connectivity index (χ1v) is 7.74. The molecule has 1 amide bonds. The summed E-state index contributed by atoms with van der Waals surface area (Å²) in [6.07, 6.45) is 0.241. The van der Waals surface area contributed by atoms with Gasteiger partial charge in [0.15, 0.2) is 11.6 Å². The molecule has 7 heteroatoms. The van der Waals surface area contributed by atoms with Crippen LogP contribution in [-0.4, -0.2) is 15.6 Å². The van der Waals surface area contributed by atoms with Crippen molar-refractivity contribution in [2.75, 3.05) is 5.43 Å². The van der Waals surface area contributed by atoms with Crippen LogP contribution in [0.3, 0.4) is 0 Å². The smallest absolute Gasteiger partial charge is 0.273 e. The monoisotopic (exact) mass is 343 g/mol. The Kier molecular flexibility index (Phi) is 4.56. The lowest BCUT2D eigenvalue weighted by molar-refractivity contribution is -0.116. The van der Waals surface area contributed by atoms with Crippen molar-refractivity contribution in [2.45, 2.75) is 19.8 Å². The number of nitrogens with one attached hydrogen (secondary N) is 1. The summed E-state index contributed by atoms with van der Waals surface area (Å²) in [5.74, 6) is -2.13. The fraction of sp³-hybridized carbons (Fsp3) is 0.167. The first kappa shape index (κ1) is 16.8. The highest BCUT2D eigenvalue weighted by molar-refractivity contribution is 5.86. The molecule has 0 unspecified atom stereocenters. The minimum Gasteiger partial charge on any atom is -0.273 e. The number of carbonyl (C=O) groups is 1. The predicted octanol–water partition coefficient (Wildman–Crippen LogP) is 2.55. The molecule has 1 heterocycles. The van der Waals surface area contributed by atoms with E-state index in [0.717, 1.165) is 16.8 Å². The molecule has 0 aliphatic heterocycles. The quantitative estimate of drug-likeness (QED) is 0.792. The average Bonchev–Trinajstić information content (AvgIpc) is 2.60. The number of rotatable bonds is 4. The van der Waals surface area contributed by atoms with Gasteiger partial charge in [-0.3, -0.25) is 15.0 Å². The number of halogens is 2. The Hall–Kier alpha value is -3.09. The van der Waals surface area contributed by atoms with E-state index in [2.05, 4.69) is 10.4 Å². The van der Waals surface area contributed by atoms with Crippen molar-refractivity contribution in [2.24, 2.45) is 0 Å². The second kappa shape index (κ2) is 6.80. The minimum atomic E-state index is -1.02. The fourth-order valence-electron chi connectivity index (χ4n) is 2.53. The third kappa shape index (κ3) is 3.40. The van der Waals surface area contributed by atoms with E-state index in [0.29, 0.717) is 28.7 Å². The minimum absolute atomic E-state index is 0.195. The molecular weight excluding hydrogens is 328 g/mol. The molecule has 0 aliphatic rings. The summed E-state index contributed by atoms with van der Waals surface area (Å²) < 4.78 is 27.3. The molecule has 1 aromatic heterocycles. The highest BCUT2D eigenvalue weighted by Crippen LogP contribution is 2.10. The van der Waals surface area contributed by atoms with E-state index >= 15 is 0 Å². The van der Waals surface area contributed by atoms with Crippen LogP contribution < -0.4 is 11.0 Å². The molecule has 3 rings (SSSR count). The predicted molar refractivity (Wildman–Crippen MR) is 89.8 cm³/mol. The molecule has 0 spiro atoms. The van der Waals surface area contributed by atoms with E-state index in [1.807, 2.05) is 6.92 Å². The van der Waals surface area contributed by atoms with Crippen LogP contribution in [0, 0.1) is 11.6 Å². The van der Waals surface area contributed by atoms with Gasteiger partial charge in [-0.05, 0) is 29.8 Å². The maximum absolute atomic E-state index is 13.2. The number of nitrogens with zero attached hydrogens (tertiary/aromatic N) is 2. The highest BCUT2D eigenvalue weighted by Gasteiger charge is 2.13. The van der Waals surface area contributed by atoms with Crippen LogP contribution in [0.2, 0.25) is 0 Å². The topological polar surface area (TPSA) is 64.0 Å².